The van der Waals surface area contributed by atoms with E-state index in [1.54, 1.807) is 6.92 Å². The van der Waals surface area contributed by atoms with E-state index < -0.39 is 25.1 Å². The van der Waals surface area contributed by atoms with E-state index in [1.807, 2.05) is 13.8 Å². The first-order valence-electron chi connectivity index (χ1n) is 6.31. The van der Waals surface area contributed by atoms with Crippen molar-refractivity contribution in [3.05, 3.63) is 0 Å². The normalized spacial score (nSPS) is 24.3. The molecular weight excluding hydrogens is 258 g/mol. The van der Waals surface area contributed by atoms with Crippen molar-refractivity contribution in [2.45, 2.75) is 39.3 Å². The Morgan fingerprint density at radius 1 is 1.37 bits per heavy atom. The van der Waals surface area contributed by atoms with Crippen molar-refractivity contribution in [2.75, 3.05) is 19.8 Å². The van der Waals surface area contributed by atoms with Crippen molar-refractivity contribution < 1.29 is 23.1 Å². The lowest BCUT2D eigenvalue weighted by molar-refractivity contribution is -0.150. The average molecular weight is 278 g/mol. The number of nitrogens with one attached hydrogen (secondary N) is 1. The number of hydrogen-bond donors (Lipinski definition) is 1. The van der Waals surface area contributed by atoms with E-state index in [1.165, 1.54) is 4.90 Å². The molecule has 1 saturated heterocycles. The lowest BCUT2D eigenvalue weighted by Gasteiger charge is -2.38. The topological polar surface area (TPSA) is 58.6 Å². The largest absolute Gasteiger partial charge is 0.374 e. The quantitative estimate of drug-likeness (QED) is 0.725. The van der Waals surface area contributed by atoms with Gasteiger partial charge in [-0.3, -0.25) is 9.59 Å². The molecule has 110 valence electrons. The summed E-state index contributed by atoms with van der Waals surface area (Å²) < 4.78 is 28.6. The number of amides is 2. The van der Waals surface area contributed by atoms with Gasteiger partial charge in [-0.15, -0.1) is 0 Å². The minimum absolute atomic E-state index is 0.00147. The zero-order valence-corrected chi connectivity index (χ0v) is 11.4. The van der Waals surface area contributed by atoms with E-state index in [4.69, 9.17) is 4.74 Å². The molecule has 0 aromatic rings. The van der Waals surface area contributed by atoms with Gasteiger partial charge in [-0.1, -0.05) is 13.8 Å². The monoisotopic (exact) mass is 278 g/mol. The lowest BCUT2D eigenvalue weighted by atomic mass is 9.98. The maximum atomic E-state index is 12.2. The Morgan fingerprint density at radius 3 is 2.53 bits per heavy atom. The summed E-state index contributed by atoms with van der Waals surface area (Å²) in [7, 11) is 0. The molecule has 19 heavy (non-hydrogen) atoms. The Morgan fingerprint density at radius 2 is 2.00 bits per heavy atom. The van der Waals surface area contributed by atoms with Gasteiger partial charge < -0.3 is 15.0 Å². The molecule has 5 nitrogen and oxygen atoms in total. The molecule has 1 heterocycles. The summed E-state index contributed by atoms with van der Waals surface area (Å²) in [5.74, 6) is -0.441. The van der Waals surface area contributed by atoms with Crippen LogP contribution < -0.4 is 5.32 Å². The number of carbonyl (C=O) groups is 2. The van der Waals surface area contributed by atoms with Crippen molar-refractivity contribution in [1.82, 2.24) is 10.2 Å². The maximum Gasteiger partial charge on any atom is 0.261 e. The number of hydrogen-bond acceptors (Lipinski definition) is 3. The van der Waals surface area contributed by atoms with Crippen LogP contribution in [0.25, 0.3) is 0 Å². The molecule has 0 radical (unpaired) electrons. The van der Waals surface area contributed by atoms with Crippen LogP contribution in [0, 0.1) is 5.92 Å². The lowest BCUT2D eigenvalue weighted by Crippen LogP contribution is -2.64. The van der Waals surface area contributed by atoms with Gasteiger partial charge in [-0.2, -0.15) is 0 Å². The number of nitrogens with zero attached hydrogens (tertiary/aromatic N) is 1. The molecule has 0 aromatic heterocycles. The van der Waals surface area contributed by atoms with E-state index in [2.05, 4.69) is 5.32 Å². The van der Waals surface area contributed by atoms with E-state index in [9.17, 15) is 18.4 Å². The summed E-state index contributed by atoms with van der Waals surface area (Å²) >= 11 is 0. The third-order valence-electron chi connectivity index (χ3n) is 3.08. The maximum absolute atomic E-state index is 12.2. The van der Waals surface area contributed by atoms with Gasteiger partial charge in [0.15, 0.2) is 0 Å². The number of alkyl halides is 2. The van der Waals surface area contributed by atoms with Crippen LogP contribution in [0.1, 0.15) is 20.8 Å². The molecule has 0 saturated carbocycles. The molecule has 2 atom stereocenters. The summed E-state index contributed by atoms with van der Waals surface area (Å²) in [6, 6.07) is -1.16. The number of carbonyl (C=O) groups excluding carboxylic acids is 2. The Kier molecular flexibility index (Phi) is 5.65. The summed E-state index contributed by atoms with van der Waals surface area (Å²) in [6.07, 6.45) is -2.53. The van der Waals surface area contributed by atoms with E-state index in [-0.39, 0.29) is 30.9 Å². The van der Waals surface area contributed by atoms with Crippen LogP contribution in [0.5, 0.6) is 0 Å². The fraction of sp³-hybridized carbons (Fsp3) is 0.833. The highest BCUT2D eigenvalue weighted by Crippen LogP contribution is 2.15. The summed E-state index contributed by atoms with van der Waals surface area (Å²) in [5, 5.41) is 2.66. The molecule has 1 aliphatic rings. The first kappa shape index (κ1) is 15.8. The van der Waals surface area contributed by atoms with Crippen LogP contribution in [-0.2, 0) is 14.3 Å². The van der Waals surface area contributed by atoms with Gasteiger partial charge in [-0.05, 0) is 12.8 Å². The summed E-state index contributed by atoms with van der Waals surface area (Å²) in [5.41, 5.74) is 0. The molecule has 1 rings (SSSR count). The van der Waals surface area contributed by atoms with Crippen molar-refractivity contribution in [3.8, 4) is 0 Å². The van der Waals surface area contributed by atoms with Gasteiger partial charge in [0.25, 0.3) is 6.43 Å². The van der Waals surface area contributed by atoms with Crippen LogP contribution in [0.3, 0.4) is 0 Å². The van der Waals surface area contributed by atoms with Crippen molar-refractivity contribution in [3.63, 3.8) is 0 Å². The first-order chi connectivity index (χ1) is 8.84. The standard InChI is InChI=1S/C12H20F2N2O3/c1-7(2)10-12(18)16(8(3)11(17)15-10)4-5-19-6-9(13)14/h7-10H,4-6H2,1-3H3,(H,15,17). The molecule has 0 aromatic carbocycles. The minimum Gasteiger partial charge on any atom is -0.374 e. The Balaban J connectivity index is 2.57. The van der Waals surface area contributed by atoms with Gasteiger partial charge >= 0.3 is 0 Å². The van der Waals surface area contributed by atoms with Crippen molar-refractivity contribution >= 4 is 11.8 Å². The number of piperazine rings is 1. The molecule has 7 heteroatoms. The zero-order chi connectivity index (χ0) is 14.6. The molecule has 1 N–H and O–H groups in total. The SMILES string of the molecule is CC(C)C1NC(=O)C(C)N(CCOCC(F)F)C1=O. The molecule has 1 fully saturated rings. The highest BCUT2D eigenvalue weighted by atomic mass is 19.3. The molecule has 0 aliphatic carbocycles. The van der Waals surface area contributed by atoms with Crippen molar-refractivity contribution in [2.24, 2.45) is 5.92 Å². The predicted molar refractivity (Wildman–Crippen MR) is 64.8 cm³/mol. The molecule has 1 aliphatic heterocycles. The number of rotatable bonds is 6. The Labute approximate surface area is 111 Å². The van der Waals surface area contributed by atoms with E-state index in [0.29, 0.717) is 0 Å². The summed E-state index contributed by atoms with van der Waals surface area (Å²) in [6.45, 7) is 4.77. The van der Waals surface area contributed by atoms with Crippen LogP contribution in [0.15, 0.2) is 0 Å². The second kappa shape index (κ2) is 6.79. The molecular formula is C12H20F2N2O3. The third kappa shape index (κ3) is 4.12. The number of ether oxygens (including phenoxy) is 1. The number of halogens is 2. The first-order valence-corrected chi connectivity index (χ1v) is 6.31. The highest BCUT2D eigenvalue weighted by Gasteiger charge is 2.38. The fourth-order valence-electron chi connectivity index (χ4n) is 1.94. The highest BCUT2D eigenvalue weighted by molar-refractivity contribution is 5.96. The van der Waals surface area contributed by atoms with Gasteiger partial charge in [0.2, 0.25) is 11.8 Å². The molecule has 2 unspecified atom stereocenters. The molecule has 0 spiro atoms. The van der Waals surface area contributed by atoms with Gasteiger partial charge in [0.1, 0.15) is 18.7 Å². The fourth-order valence-corrected chi connectivity index (χ4v) is 1.94. The van der Waals surface area contributed by atoms with Gasteiger partial charge in [0, 0.05) is 6.54 Å². The third-order valence-corrected chi connectivity index (χ3v) is 3.08. The second-order valence-electron chi connectivity index (χ2n) is 4.90. The zero-order valence-electron chi connectivity index (χ0n) is 11.4. The van der Waals surface area contributed by atoms with Crippen LogP contribution in [0.2, 0.25) is 0 Å². The molecule has 2 amide bonds. The van der Waals surface area contributed by atoms with E-state index >= 15 is 0 Å². The summed E-state index contributed by atoms with van der Waals surface area (Å²) in [4.78, 5) is 25.3. The van der Waals surface area contributed by atoms with Crippen LogP contribution in [-0.4, -0.2) is 55.0 Å². The minimum atomic E-state index is -2.53. The van der Waals surface area contributed by atoms with Crippen molar-refractivity contribution in [1.29, 1.82) is 0 Å². The van der Waals surface area contributed by atoms with Gasteiger partial charge in [-0.25, -0.2) is 8.78 Å². The average Bonchev–Trinajstić information content (AvgIpc) is 2.32. The predicted octanol–water partition coefficient (Wildman–Crippen LogP) is 0.640. The smallest absolute Gasteiger partial charge is 0.261 e. The van der Waals surface area contributed by atoms with Crippen LogP contribution >= 0.6 is 0 Å². The van der Waals surface area contributed by atoms with Crippen LogP contribution in [0.4, 0.5) is 8.78 Å². The Hall–Kier alpha value is -1.24. The molecule has 0 bridgehead atoms. The van der Waals surface area contributed by atoms with Gasteiger partial charge in [0.05, 0.1) is 6.61 Å². The Bertz CT molecular complexity index is 337. The van der Waals surface area contributed by atoms with E-state index in [0.717, 1.165) is 0 Å². The second-order valence-corrected chi connectivity index (χ2v) is 4.90.